The van der Waals surface area contributed by atoms with Crippen LogP contribution in [0.1, 0.15) is 5.69 Å². The van der Waals surface area contributed by atoms with Crippen LogP contribution in [0.2, 0.25) is 0 Å². The van der Waals surface area contributed by atoms with Crippen molar-refractivity contribution in [2.24, 2.45) is 0 Å². The van der Waals surface area contributed by atoms with E-state index in [4.69, 9.17) is 0 Å². The highest BCUT2D eigenvalue weighted by molar-refractivity contribution is 9.10. The van der Waals surface area contributed by atoms with Gasteiger partial charge in [0.25, 0.3) is 0 Å². The molecule has 1 aromatic heterocycles. The Morgan fingerprint density at radius 1 is 1.25 bits per heavy atom. The third-order valence-electron chi connectivity index (χ3n) is 2.12. The Kier molecular flexibility index (Phi) is 3.05. The highest BCUT2D eigenvalue weighted by Crippen LogP contribution is 2.31. The predicted octanol–water partition coefficient (Wildman–Crippen LogP) is 3.91. The first-order valence-electron chi connectivity index (χ1n) is 4.58. The molecular weight excluding hydrogens is 280 g/mol. The van der Waals surface area contributed by atoms with E-state index in [1.54, 1.807) is 13.0 Å². The highest BCUT2D eigenvalue weighted by Gasteiger charge is 2.11. The van der Waals surface area contributed by atoms with Crippen molar-refractivity contribution >= 4 is 26.8 Å². The largest absolute Gasteiger partial charge is 0.432 e. The Bertz CT molecular complexity index is 531. The molecule has 0 aliphatic heterocycles. The number of aromatic nitrogens is 1. The van der Waals surface area contributed by atoms with Gasteiger partial charge in [-0.05, 0) is 31.2 Å². The Labute approximate surface area is 99.4 Å². The Balaban J connectivity index is 2.65. The van der Waals surface area contributed by atoms with Crippen molar-refractivity contribution in [1.82, 2.24) is 4.98 Å². The molecule has 0 unspecified atom stereocenters. The molecule has 1 heterocycles. The average molecular weight is 288 g/mol. The van der Waals surface area contributed by atoms with Gasteiger partial charge in [-0.2, -0.15) is 8.78 Å². The van der Waals surface area contributed by atoms with Gasteiger partial charge in [0, 0.05) is 15.6 Å². The van der Waals surface area contributed by atoms with Crippen LogP contribution in [0, 0.1) is 6.92 Å². The van der Waals surface area contributed by atoms with E-state index < -0.39 is 6.61 Å². The number of nitrogens with zero attached hydrogens (tertiary/aromatic N) is 1. The van der Waals surface area contributed by atoms with Crippen LogP contribution in [0.5, 0.6) is 5.75 Å². The van der Waals surface area contributed by atoms with Gasteiger partial charge < -0.3 is 4.74 Å². The number of aryl methyl sites for hydroxylation is 1. The number of benzene rings is 1. The number of hydrogen-bond donors (Lipinski definition) is 0. The highest BCUT2D eigenvalue weighted by atomic mass is 79.9. The summed E-state index contributed by atoms with van der Waals surface area (Å²) in [7, 11) is 0. The first-order valence-corrected chi connectivity index (χ1v) is 5.38. The number of hydrogen-bond acceptors (Lipinski definition) is 2. The fourth-order valence-electron chi connectivity index (χ4n) is 1.45. The summed E-state index contributed by atoms with van der Waals surface area (Å²) in [6.07, 6.45) is 0. The number of fused-ring (bicyclic) bond motifs is 1. The topological polar surface area (TPSA) is 22.1 Å². The van der Waals surface area contributed by atoms with Gasteiger partial charge in [-0.15, -0.1) is 0 Å². The van der Waals surface area contributed by atoms with E-state index in [1.165, 1.54) is 6.07 Å². The van der Waals surface area contributed by atoms with E-state index in [0.717, 1.165) is 15.6 Å². The smallest absolute Gasteiger partial charge is 0.387 e. The first-order chi connectivity index (χ1) is 7.58. The maximum Gasteiger partial charge on any atom is 0.387 e. The third-order valence-corrected chi connectivity index (χ3v) is 2.81. The number of rotatable bonds is 2. The van der Waals surface area contributed by atoms with Crippen LogP contribution in [-0.4, -0.2) is 11.6 Å². The molecule has 16 heavy (non-hydrogen) atoms. The molecule has 0 saturated heterocycles. The molecule has 0 N–H and O–H groups in total. The predicted molar refractivity (Wildman–Crippen MR) is 60.8 cm³/mol. The van der Waals surface area contributed by atoms with Gasteiger partial charge in [-0.3, -0.25) is 0 Å². The summed E-state index contributed by atoms with van der Waals surface area (Å²) in [5.74, 6) is 0.0944. The summed E-state index contributed by atoms with van der Waals surface area (Å²) >= 11 is 3.34. The summed E-state index contributed by atoms with van der Waals surface area (Å²) in [4.78, 5) is 4.20. The zero-order valence-electron chi connectivity index (χ0n) is 8.38. The fraction of sp³-hybridized carbons (Fsp3) is 0.182. The van der Waals surface area contributed by atoms with Crippen molar-refractivity contribution in [3.63, 3.8) is 0 Å². The number of alkyl halides is 2. The quantitative estimate of drug-likeness (QED) is 0.836. The minimum Gasteiger partial charge on any atom is -0.432 e. The standard InChI is InChI=1S/C11H8BrF2NO/c1-6-2-3-7-8(12)4-5-9(10(7)15-6)16-11(13)14/h2-5,11H,1H3. The molecule has 0 fully saturated rings. The lowest BCUT2D eigenvalue weighted by Crippen LogP contribution is -2.03. The molecule has 0 amide bonds. The fourth-order valence-corrected chi connectivity index (χ4v) is 1.90. The zero-order valence-corrected chi connectivity index (χ0v) is 9.96. The number of pyridine rings is 1. The zero-order chi connectivity index (χ0) is 11.7. The van der Waals surface area contributed by atoms with Crippen molar-refractivity contribution in [3.05, 3.63) is 34.4 Å². The number of ether oxygens (including phenoxy) is 1. The van der Waals surface area contributed by atoms with E-state index in [-0.39, 0.29) is 5.75 Å². The van der Waals surface area contributed by atoms with E-state index in [1.807, 2.05) is 12.1 Å². The van der Waals surface area contributed by atoms with Crippen molar-refractivity contribution in [2.45, 2.75) is 13.5 Å². The van der Waals surface area contributed by atoms with Gasteiger partial charge in [-0.1, -0.05) is 15.9 Å². The monoisotopic (exact) mass is 287 g/mol. The summed E-state index contributed by atoms with van der Waals surface area (Å²) in [6.45, 7) is -1.04. The maximum absolute atomic E-state index is 12.2. The van der Waals surface area contributed by atoms with Crippen molar-refractivity contribution in [3.8, 4) is 5.75 Å². The van der Waals surface area contributed by atoms with Gasteiger partial charge in [0.15, 0.2) is 5.75 Å². The van der Waals surface area contributed by atoms with Crippen LogP contribution in [-0.2, 0) is 0 Å². The van der Waals surface area contributed by atoms with Gasteiger partial charge in [0.05, 0.1) is 0 Å². The molecule has 0 bridgehead atoms. The average Bonchev–Trinajstić information content (AvgIpc) is 2.22. The molecule has 0 saturated carbocycles. The van der Waals surface area contributed by atoms with E-state index in [0.29, 0.717) is 5.52 Å². The molecule has 84 valence electrons. The van der Waals surface area contributed by atoms with Crippen LogP contribution in [0.4, 0.5) is 8.78 Å². The lowest BCUT2D eigenvalue weighted by Gasteiger charge is -2.09. The summed E-state index contributed by atoms with van der Waals surface area (Å²) in [5, 5.41) is 0.753. The normalized spacial score (nSPS) is 11.1. The first kappa shape index (κ1) is 11.3. The summed E-state index contributed by atoms with van der Waals surface area (Å²) in [6, 6.07) is 6.78. The van der Waals surface area contributed by atoms with Crippen molar-refractivity contribution in [1.29, 1.82) is 0 Å². The minimum absolute atomic E-state index is 0.0944. The van der Waals surface area contributed by atoms with E-state index in [2.05, 4.69) is 25.7 Å². The SMILES string of the molecule is Cc1ccc2c(Br)ccc(OC(F)F)c2n1. The second-order valence-corrected chi connectivity index (χ2v) is 4.13. The van der Waals surface area contributed by atoms with Crippen LogP contribution in [0.3, 0.4) is 0 Å². The lowest BCUT2D eigenvalue weighted by molar-refractivity contribution is -0.0489. The molecule has 0 spiro atoms. The van der Waals surface area contributed by atoms with Crippen LogP contribution >= 0.6 is 15.9 Å². The van der Waals surface area contributed by atoms with Gasteiger partial charge in [-0.25, -0.2) is 4.98 Å². The summed E-state index contributed by atoms with van der Waals surface area (Å²) < 4.78 is 29.6. The Hall–Kier alpha value is -1.23. The number of halogens is 3. The molecule has 0 aliphatic rings. The molecule has 2 aromatic rings. The second kappa shape index (κ2) is 4.33. The molecule has 5 heteroatoms. The van der Waals surface area contributed by atoms with Gasteiger partial charge in [0.1, 0.15) is 5.52 Å². The second-order valence-electron chi connectivity index (χ2n) is 3.27. The van der Waals surface area contributed by atoms with Crippen LogP contribution < -0.4 is 4.74 Å². The van der Waals surface area contributed by atoms with Gasteiger partial charge >= 0.3 is 6.61 Å². The molecule has 0 aliphatic carbocycles. The molecule has 2 rings (SSSR count). The maximum atomic E-state index is 12.2. The van der Waals surface area contributed by atoms with E-state index >= 15 is 0 Å². The molecule has 0 atom stereocenters. The van der Waals surface area contributed by atoms with Crippen molar-refractivity contribution < 1.29 is 13.5 Å². The van der Waals surface area contributed by atoms with Crippen molar-refractivity contribution in [2.75, 3.05) is 0 Å². The lowest BCUT2D eigenvalue weighted by atomic mass is 10.2. The Morgan fingerprint density at radius 3 is 2.69 bits per heavy atom. The molecule has 0 radical (unpaired) electrons. The molecule has 2 nitrogen and oxygen atoms in total. The van der Waals surface area contributed by atoms with E-state index in [9.17, 15) is 8.78 Å². The summed E-state index contributed by atoms with van der Waals surface area (Å²) in [5.41, 5.74) is 1.19. The Morgan fingerprint density at radius 2 is 2.00 bits per heavy atom. The van der Waals surface area contributed by atoms with Crippen LogP contribution in [0.15, 0.2) is 28.7 Å². The minimum atomic E-state index is -2.84. The molecular formula is C11H8BrF2NO. The molecule has 1 aromatic carbocycles. The van der Waals surface area contributed by atoms with Crippen LogP contribution in [0.25, 0.3) is 10.9 Å². The third kappa shape index (κ3) is 2.14. The van der Waals surface area contributed by atoms with Gasteiger partial charge in [0.2, 0.25) is 0 Å².